The Labute approximate surface area is 145 Å². The number of guanidine groups is 1. The molecule has 0 spiro atoms. The van der Waals surface area contributed by atoms with Gasteiger partial charge in [-0.2, -0.15) is 0 Å². The fourth-order valence-corrected chi connectivity index (χ4v) is 3.90. The fraction of sp³-hybridized carbons (Fsp3) is 0.588. The lowest BCUT2D eigenvalue weighted by atomic mass is 9.96. The summed E-state index contributed by atoms with van der Waals surface area (Å²) in [6.45, 7) is 4.93. The third-order valence-corrected chi connectivity index (χ3v) is 5.14. The van der Waals surface area contributed by atoms with E-state index in [0.29, 0.717) is 12.5 Å². The number of rotatable bonds is 7. The lowest BCUT2D eigenvalue weighted by molar-refractivity contribution is 0.446. The van der Waals surface area contributed by atoms with E-state index in [1.165, 1.54) is 24.7 Å². The molecule has 6 nitrogen and oxygen atoms in total. The molecule has 0 radical (unpaired) electrons. The number of nitrogens with zero attached hydrogens (tertiary/aromatic N) is 1. The number of nitrogens with one attached hydrogen (secondary N) is 3. The SMILES string of the molecule is CN=C(NCC(C)(C)NS(C)(=O)=O)NCC1(c2ccccc2)CC1. The van der Waals surface area contributed by atoms with E-state index >= 15 is 0 Å². The van der Waals surface area contributed by atoms with Crippen LogP contribution in [0, 0.1) is 0 Å². The van der Waals surface area contributed by atoms with Crippen LogP contribution in [0.25, 0.3) is 0 Å². The van der Waals surface area contributed by atoms with Crippen LogP contribution in [-0.4, -0.2) is 46.3 Å². The van der Waals surface area contributed by atoms with Crippen LogP contribution in [0.4, 0.5) is 0 Å². The standard InChI is InChI=1S/C17H28N4O2S/c1-16(2,21-24(4,22)23)12-19-15(18-3)20-13-17(10-11-17)14-8-6-5-7-9-14/h5-9,21H,10-13H2,1-4H3,(H2,18,19,20). The first-order valence-electron chi connectivity index (χ1n) is 8.15. The number of sulfonamides is 1. The Morgan fingerprint density at radius 3 is 2.33 bits per heavy atom. The third kappa shape index (κ3) is 5.49. The molecule has 1 aromatic carbocycles. The third-order valence-electron chi connectivity index (χ3n) is 4.22. The van der Waals surface area contributed by atoms with Crippen molar-refractivity contribution in [3.63, 3.8) is 0 Å². The highest BCUT2D eigenvalue weighted by atomic mass is 32.2. The quantitative estimate of drug-likeness (QED) is 0.509. The number of hydrogen-bond acceptors (Lipinski definition) is 3. The molecule has 0 aliphatic heterocycles. The largest absolute Gasteiger partial charge is 0.356 e. The molecule has 3 N–H and O–H groups in total. The van der Waals surface area contributed by atoms with Gasteiger partial charge in [0.25, 0.3) is 0 Å². The van der Waals surface area contributed by atoms with Crippen molar-refractivity contribution in [2.24, 2.45) is 4.99 Å². The molecule has 1 saturated carbocycles. The summed E-state index contributed by atoms with van der Waals surface area (Å²) >= 11 is 0. The summed E-state index contributed by atoms with van der Waals surface area (Å²) < 4.78 is 25.4. The molecule has 0 atom stereocenters. The maximum atomic E-state index is 11.4. The summed E-state index contributed by atoms with van der Waals surface area (Å²) in [5.41, 5.74) is 0.952. The van der Waals surface area contributed by atoms with Gasteiger partial charge in [0.15, 0.2) is 5.96 Å². The zero-order valence-electron chi connectivity index (χ0n) is 14.9. The Bertz CT molecular complexity index is 680. The van der Waals surface area contributed by atoms with Crippen LogP contribution < -0.4 is 15.4 Å². The normalized spacial score (nSPS) is 17.4. The van der Waals surface area contributed by atoms with Crippen LogP contribution in [0.2, 0.25) is 0 Å². The molecular formula is C17H28N4O2S. The van der Waals surface area contributed by atoms with Gasteiger partial charge in [0.05, 0.1) is 6.26 Å². The van der Waals surface area contributed by atoms with Crippen LogP contribution in [0.15, 0.2) is 35.3 Å². The molecule has 134 valence electrons. The van der Waals surface area contributed by atoms with Crippen molar-refractivity contribution in [1.82, 2.24) is 15.4 Å². The van der Waals surface area contributed by atoms with Crippen LogP contribution in [0.5, 0.6) is 0 Å². The van der Waals surface area contributed by atoms with Crippen molar-refractivity contribution >= 4 is 16.0 Å². The summed E-state index contributed by atoms with van der Waals surface area (Å²) in [6.07, 6.45) is 3.50. The van der Waals surface area contributed by atoms with Crippen LogP contribution in [0.3, 0.4) is 0 Å². The molecule has 1 aliphatic carbocycles. The minimum Gasteiger partial charge on any atom is -0.356 e. The molecule has 0 saturated heterocycles. The molecule has 0 bridgehead atoms. The summed E-state index contributed by atoms with van der Waals surface area (Å²) in [7, 11) is -1.53. The van der Waals surface area contributed by atoms with Crippen molar-refractivity contribution in [3.8, 4) is 0 Å². The molecule has 0 aromatic heterocycles. The fourth-order valence-electron chi connectivity index (χ4n) is 2.83. The van der Waals surface area contributed by atoms with E-state index in [4.69, 9.17) is 0 Å². The van der Waals surface area contributed by atoms with Crippen LogP contribution in [0.1, 0.15) is 32.3 Å². The van der Waals surface area contributed by atoms with Crippen molar-refractivity contribution in [1.29, 1.82) is 0 Å². The van der Waals surface area contributed by atoms with Gasteiger partial charge in [-0.1, -0.05) is 30.3 Å². The first-order chi connectivity index (χ1) is 11.2. The smallest absolute Gasteiger partial charge is 0.209 e. The van der Waals surface area contributed by atoms with E-state index in [9.17, 15) is 8.42 Å². The van der Waals surface area contributed by atoms with Crippen LogP contribution in [-0.2, 0) is 15.4 Å². The zero-order chi connectivity index (χ0) is 17.8. The van der Waals surface area contributed by atoms with Gasteiger partial charge in [0, 0.05) is 31.1 Å². The Morgan fingerprint density at radius 1 is 1.21 bits per heavy atom. The molecule has 0 unspecified atom stereocenters. The van der Waals surface area contributed by atoms with Gasteiger partial charge in [-0.05, 0) is 32.3 Å². The highest BCUT2D eigenvalue weighted by Crippen LogP contribution is 2.47. The Kier molecular flexibility index (Phi) is 5.55. The highest BCUT2D eigenvalue weighted by molar-refractivity contribution is 7.88. The minimum atomic E-state index is -3.25. The second kappa shape index (κ2) is 7.11. The van der Waals surface area contributed by atoms with Gasteiger partial charge in [0.2, 0.25) is 10.0 Å². The summed E-state index contributed by atoms with van der Waals surface area (Å²) in [4.78, 5) is 4.23. The van der Waals surface area contributed by atoms with Crippen molar-refractivity contribution in [3.05, 3.63) is 35.9 Å². The van der Waals surface area contributed by atoms with Gasteiger partial charge in [-0.3, -0.25) is 4.99 Å². The molecule has 0 amide bonds. The maximum Gasteiger partial charge on any atom is 0.209 e. The first-order valence-corrected chi connectivity index (χ1v) is 10.0. The molecule has 2 rings (SSSR count). The predicted molar refractivity (Wildman–Crippen MR) is 98.8 cm³/mol. The van der Waals surface area contributed by atoms with Gasteiger partial charge in [0.1, 0.15) is 0 Å². The average molecular weight is 353 g/mol. The second-order valence-corrected chi connectivity index (χ2v) is 8.93. The van der Waals surface area contributed by atoms with Crippen LogP contribution >= 0.6 is 0 Å². The van der Waals surface area contributed by atoms with Gasteiger partial charge >= 0.3 is 0 Å². The minimum absolute atomic E-state index is 0.194. The van der Waals surface area contributed by atoms with E-state index in [1.54, 1.807) is 7.05 Å². The Morgan fingerprint density at radius 2 is 1.83 bits per heavy atom. The molecule has 24 heavy (non-hydrogen) atoms. The lowest BCUT2D eigenvalue weighted by Gasteiger charge is -2.27. The molecule has 1 aliphatic rings. The summed E-state index contributed by atoms with van der Waals surface area (Å²) in [5, 5.41) is 6.56. The Balaban J connectivity index is 1.88. The summed E-state index contributed by atoms with van der Waals surface area (Å²) in [5.74, 6) is 0.681. The van der Waals surface area contributed by atoms with Gasteiger partial charge in [-0.25, -0.2) is 13.1 Å². The first kappa shape index (κ1) is 18.7. The zero-order valence-corrected chi connectivity index (χ0v) is 15.7. The molecule has 1 fully saturated rings. The lowest BCUT2D eigenvalue weighted by Crippen LogP contribution is -2.53. The average Bonchev–Trinajstić information content (AvgIpc) is 3.27. The van der Waals surface area contributed by atoms with Gasteiger partial charge in [-0.15, -0.1) is 0 Å². The molecule has 1 aromatic rings. The summed E-state index contributed by atoms with van der Waals surface area (Å²) in [6, 6.07) is 10.5. The molecule has 0 heterocycles. The topological polar surface area (TPSA) is 82.6 Å². The van der Waals surface area contributed by atoms with Crippen molar-refractivity contribution in [2.75, 3.05) is 26.4 Å². The predicted octanol–water partition coefficient (Wildman–Crippen LogP) is 1.21. The molecular weight excluding hydrogens is 324 g/mol. The highest BCUT2D eigenvalue weighted by Gasteiger charge is 2.44. The molecule has 7 heteroatoms. The second-order valence-electron chi connectivity index (χ2n) is 7.18. The van der Waals surface area contributed by atoms with E-state index in [1.807, 2.05) is 19.9 Å². The number of benzene rings is 1. The number of aliphatic imine (C=N–C) groups is 1. The van der Waals surface area contributed by atoms with Crippen molar-refractivity contribution < 1.29 is 8.42 Å². The van der Waals surface area contributed by atoms with Crippen molar-refractivity contribution in [2.45, 2.75) is 37.6 Å². The number of hydrogen-bond donors (Lipinski definition) is 3. The van der Waals surface area contributed by atoms with E-state index in [2.05, 4.69) is 44.6 Å². The van der Waals surface area contributed by atoms with E-state index < -0.39 is 15.6 Å². The Hall–Kier alpha value is -1.60. The maximum absolute atomic E-state index is 11.4. The van der Waals surface area contributed by atoms with Gasteiger partial charge < -0.3 is 10.6 Å². The van der Waals surface area contributed by atoms with E-state index in [0.717, 1.165) is 6.54 Å². The monoisotopic (exact) mass is 352 g/mol. The van der Waals surface area contributed by atoms with E-state index in [-0.39, 0.29) is 5.41 Å².